The normalized spacial score (nSPS) is 12.0. The fourth-order valence-corrected chi connectivity index (χ4v) is 0.657. The van der Waals surface area contributed by atoms with E-state index in [1.807, 2.05) is 0 Å². The summed E-state index contributed by atoms with van der Waals surface area (Å²) in [6.45, 7) is 0. The molecule has 0 atom stereocenters. The Labute approximate surface area is 61.0 Å². The summed E-state index contributed by atoms with van der Waals surface area (Å²) in [7, 11) is 0. The topological polar surface area (TPSA) is 53.9 Å². The van der Waals surface area contributed by atoms with Crippen LogP contribution in [0.4, 0.5) is 4.48 Å². The summed E-state index contributed by atoms with van der Waals surface area (Å²) in [6.07, 6.45) is 1.35. The molecule has 0 fully saturated rings. The highest BCUT2D eigenvalue weighted by molar-refractivity contribution is 6.31. The Balaban J connectivity index is 2.85. The highest BCUT2D eigenvalue weighted by Gasteiger charge is 2.04. The fraction of sp³-hybridized carbons (Fsp3) is 0.250. The highest BCUT2D eigenvalue weighted by Crippen LogP contribution is 1.96. The quantitative estimate of drug-likeness (QED) is 0.515. The number of H-pyrrole nitrogens is 1. The van der Waals surface area contributed by atoms with Crippen molar-refractivity contribution in [1.82, 2.24) is 15.4 Å². The molecule has 1 rings (SSSR count). The van der Waals surface area contributed by atoms with Crippen LogP contribution in [0.1, 0.15) is 5.69 Å². The van der Waals surface area contributed by atoms with Gasteiger partial charge in [0.05, 0.1) is 12.1 Å². The molecule has 1 N–H and O–H groups in total. The van der Waals surface area contributed by atoms with E-state index in [9.17, 15) is 4.48 Å². The van der Waals surface area contributed by atoms with E-state index in [0.29, 0.717) is 5.69 Å². The van der Waals surface area contributed by atoms with Crippen molar-refractivity contribution in [2.45, 2.75) is 0 Å². The molecule has 4 nitrogen and oxygen atoms in total. The molecule has 0 amide bonds. The molecular formula is C4H4ClFN4. The maximum atomic E-state index is 11.6. The third kappa shape index (κ3) is 1.30. The molecule has 0 spiro atoms. The first-order valence-corrected chi connectivity index (χ1v) is 3.02. The number of aromatic amines is 1. The summed E-state index contributed by atoms with van der Waals surface area (Å²) < 4.78 is 11.6. The van der Waals surface area contributed by atoms with Gasteiger partial charge in [0.15, 0.2) is 0 Å². The molecule has 0 unspecified atom stereocenters. The average Bonchev–Trinajstić information content (AvgIpc) is 2.43. The van der Waals surface area contributed by atoms with Crippen molar-refractivity contribution in [2.24, 2.45) is 5.21 Å². The van der Waals surface area contributed by atoms with Gasteiger partial charge in [0.1, 0.15) is 11.4 Å². The predicted octanol–water partition coefficient (Wildman–Crippen LogP) is 0.717. The van der Waals surface area contributed by atoms with Gasteiger partial charge in [-0.3, -0.25) is 0 Å². The number of rotatable bonds is 2. The molecule has 0 aliphatic rings. The SMILES string of the molecule is FN=C(CCl)c1cn[nH]n1. The van der Waals surface area contributed by atoms with Crippen LogP contribution in [0, 0.1) is 0 Å². The van der Waals surface area contributed by atoms with Crippen molar-refractivity contribution in [1.29, 1.82) is 0 Å². The molecule has 6 heteroatoms. The smallest absolute Gasteiger partial charge is 0.130 e. The Hall–Kier alpha value is -0.970. The van der Waals surface area contributed by atoms with Crippen LogP contribution in [0.25, 0.3) is 0 Å². The Morgan fingerprint density at radius 3 is 3.10 bits per heavy atom. The Bertz CT molecular complexity index is 219. The standard InChI is InChI=1S/C4H4ClFN4/c5-1-3(8-6)4-2-7-10-9-4/h2H,1H2,(H,7,9,10). The number of hydrogen-bond acceptors (Lipinski definition) is 3. The number of nitrogens with zero attached hydrogens (tertiary/aromatic N) is 3. The second kappa shape index (κ2) is 3.26. The second-order valence-corrected chi connectivity index (χ2v) is 1.79. The van der Waals surface area contributed by atoms with Gasteiger partial charge in [0, 0.05) is 0 Å². The van der Waals surface area contributed by atoms with E-state index >= 15 is 0 Å². The van der Waals surface area contributed by atoms with Crippen molar-refractivity contribution in [3.63, 3.8) is 0 Å². The summed E-state index contributed by atoms with van der Waals surface area (Å²) in [5.74, 6) is -0.0109. The monoisotopic (exact) mass is 162 g/mol. The molecular weight excluding hydrogens is 159 g/mol. The molecule has 1 aromatic rings. The zero-order valence-electron chi connectivity index (χ0n) is 4.88. The van der Waals surface area contributed by atoms with Gasteiger partial charge >= 0.3 is 0 Å². The van der Waals surface area contributed by atoms with Crippen molar-refractivity contribution in [3.8, 4) is 0 Å². The number of halogens is 2. The molecule has 1 aromatic heterocycles. The summed E-state index contributed by atoms with van der Waals surface area (Å²) in [5, 5.41) is 11.7. The number of alkyl halides is 1. The maximum Gasteiger partial charge on any atom is 0.130 e. The van der Waals surface area contributed by atoms with Crippen LogP contribution in [0.2, 0.25) is 0 Å². The molecule has 54 valence electrons. The molecule has 0 radical (unpaired) electrons. The van der Waals surface area contributed by atoms with Crippen LogP contribution < -0.4 is 0 Å². The number of nitrogens with one attached hydrogen (secondary N) is 1. The van der Waals surface area contributed by atoms with Crippen molar-refractivity contribution < 1.29 is 4.48 Å². The number of hydrogen-bond donors (Lipinski definition) is 1. The fourth-order valence-electron chi connectivity index (χ4n) is 0.475. The summed E-state index contributed by atoms with van der Waals surface area (Å²) in [4.78, 5) is 0. The van der Waals surface area contributed by atoms with E-state index < -0.39 is 0 Å². The Kier molecular flexibility index (Phi) is 2.33. The number of aromatic nitrogens is 3. The largest absolute Gasteiger partial charge is 0.197 e. The molecule has 0 aliphatic heterocycles. The zero-order valence-corrected chi connectivity index (χ0v) is 5.64. The van der Waals surface area contributed by atoms with E-state index in [2.05, 4.69) is 20.6 Å². The first kappa shape index (κ1) is 7.14. The van der Waals surface area contributed by atoms with Gasteiger partial charge in [-0.2, -0.15) is 15.4 Å². The van der Waals surface area contributed by atoms with Gasteiger partial charge in [-0.15, -0.1) is 11.6 Å². The first-order valence-electron chi connectivity index (χ1n) is 2.48. The third-order valence-corrected chi connectivity index (χ3v) is 1.19. The Morgan fingerprint density at radius 1 is 1.90 bits per heavy atom. The van der Waals surface area contributed by atoms with Crippen LogP contribution in [0.5, 0.6) is 0 Å². The lowest BCUT2D eigenvalue weighted by molar-refractivity contribution is 0.537. The summed E-state index contributed by atoms with van der Waals surface area (Å²) >= 11 is 5.31. The molecule has 0 aromatic carbocycles. The lowest BCUT2D eigenvalue weighted by Gasteiger charge is -1.88. The van der Waals surface area contributed by atoms with Gasteiger partial charge in [0.2, 0.25) is 0 Å². The van der Waals surface area contributed by atoms with E-state index in [-0.39, 0.29) is 11.6 Å². The van der Waals surface area contributed by atoms with Crippen LogP contribution in [-0.4, -0.2) is 27.0 Å². The molecule has 0 saturated heterocycles. The van der Waals surface area contributed by atoms with Crippen molar-refractivity contribution >= 4 is 17.3 Å². The van der Waals surface area contributed by atoms with Gasteiger partial charge < -0.3 is 0 Å². The Morgan fingerprint density at radius 2 is 2.70 bits per heavy atom. The second-order valence-electron chi connectivity index (χ2n) is 1.52. The van der Waals surface area contributed by atoms with E-state index in [1.54, 1.807) is 0 Å². The first-order chi connectivity index (χ1) is 4.88. The lowest BCUT2D eigenvalue weighted by atomic mass is 10.3. The van der Waals surface area contributed by atoms with Crippen LogP contribution >= 0.6 is 11.6 Å². The van der Waals surface area contributed by atoms with Gasteiger partial charge in [-0.1, -0.05) is 9.70 Å². The molecule has 0 bridgehead atoms. The van der Waals surface area contributed by atoms with Gasteiger partial charge in [-0.05, 0) is 0 Å². The highest BCUT2D eigenvalue weighted by atomic mass is 35.5. The molecule has 10 heavy (non-hydrogen) atoms. The minimum Gasteiger partial charge on any atom is -0.197 e. The zero-order chi connectivity index (χ0) is 7.40. The van der Waals surface area contributed by atoms with E-state index in [4.69, 9.17) is 11.6 Å². The van der Waals surface area contributed by atoms with E-state index in [0.717, 1.165) is 0 Å². The predicted molar refractivity (Wildman–Crippen MR) is 34.7 cm³/mol. The van der Waals surface area contributed by atoms with Gasteiger partial charge in [0.25, 0.3) is 0 Å². The maximum absolute atomic E-state index is 11.6. The summed E-state index contributed by atoms with van der Waals surface area (Å²) in [5.41, 5.74) is 0.410. The van der Waals surface area contributed by atoms with E-state index in [1.165, 1.54) is 6.20 Å². The third-order valence-electron chi connectivity index (χ3n) is 0.939. The molecule has 1 heterocycles. The minimum atomic E-state index is -0.0109. The van der Waals surface area contributed by atoms with Crippen LogP contribution in [0.15, 0.2) is 11.4 Å². The van der Waals surface area contributed by atoms with Gasteiger partial charge in [-0.25, -0.2) is 0 Å². The van der Waals surface area contributed by atoms with Crippen LogP contribution in [0.3, 0.4) is 0 Å². The van der Waals surface area contributed by atoms with Crippen LogP contribution in [-0.2, 0) is 0 Å². The minimum absolute atomic E-state index is 0.0109. The molecule has 0 saturated carbocycles. The van der Waals surface area contributed by atoms with Crippen molar-refractivity contribution in [2.75, 3.05) is 5.88 Å². The summed E-state index contributed by atoms with van der Waals surface area (Å²) in [6, 6.07) is 0. The molecule has 0 aliphatic carbocycles. The lowest BCUT2D eigenvalue weighted by Crippen LogP contribution is -2.01. The average molecular weight is 163 g/mol. The van der Waals surface area contributed by atoms with Crippen molar-refractivity contribution in [3.05, 3.63) is 11.9 Å².